The third kappa shape index (κ3) is 2.14. The molecule has 0 fully saturated rings. The molecule has 0 unspecified atom stereocenters. The minimum absolute atomic E-state index is 0.0594. The maximum absolute atomic E-state index is 13.2. The molecule has 0 saturated carbocycles. The molecule has 0 aliphatic carbocycles. The maximum Gasteiger partial charge on any atom is 0.261 e. The lowest BCUT2D eigenvalue weighted by molar-refractivity contribution is 0.102. The number of anilines is 2. The van der Waals surface area contributed by atoms with E-state index in [1.165, 1.54) is 18.2 Å². The van der Waals surface area contributed by atoms with Gasteiger partial charge in [-0.15, -0.1) is 0 Å². The zero-order chi connectivity index (χ0) is 11.5. The minimum atomic E-state index is -0.601. The Morgan fingerprint density at radius 1 is 1.44 bits per heavy atom. The highest BCUT2D eigenvalue weighted by atomic mass is 32.1. The first-order valence-electron chi connectivity index (χ1n) is 4.32. The van der Waals surface area contributed by atoms with E-state index in [1.807, 2.05) is 0 Å². The number of nitrogens with zero attached hydrogens (tertiary/aromatic N) is 2. The van der Waals surface area contributed by atoms with Crippen molar-refractivity contribution >= 4 is 28.5 Å². The van der Waals surface area contributed by atoms with Crippen LogP contribution < -0.4 is 11.1 Å². The molecule has 0 aliphatic rings. The molecule has 1 aromatic heterocycles. The van der Waals surface area contributed by atoms with Crippen molar-refractivity contribution in [2.45, 2.75) is 0 Å². The minimum Gasteiger partial charge on any atom is -0.374 e. The van der Waals surface area contributed by atoms with Crippen molar-refractivity contribution in [3.05, 3.63) is 35.6 Å². The zero-order valence-electron chi connectivity index (χ0n) is 7.98. The van der Waals surface area contributed by atoms with Crippen molar-refractivity contribution in [1.82, 2.24) is 9.36 Å². The fourth-order valence-electron chi connectivity index (χ4n) is 1.10. The molecule has 0 spiro atoms. The van der Waals surface area contributed by atoms with Crippen LogP contribution in [0.4, 0.5) is 15.5 Å². The van der Waals surface area contributed by atoms with Crippen LogP contribution in [0, 0.1) is 5.82 Å². The number of amides is 1. The number of carbonyl (C=O) groups excluding carboxylic acids is 1. The molecule has 0 bridgehead atoms. The summed E-state index contributed by atoms with van der Waals surface area (Å²) < 4.78 is 17.0. The van der Waals surface area contributed by atoms with E-state index in [9.17, 15) is 9.18 Å². The number of hydrogen-bond donors (Lipinski definition) is 2. The van der Waals surface area contributed by atoms with Gasteiger partial charge in [0.25, 0.3) is 5.91 Å². The van der Waals surface area contributed by atoms with Crippen LogP contribution in [0.15, 0.2) is 24.3 Å². The van der Waals surface area contributed by atoms with Gasteiger partial charge in [0.1, 0.15) is 5.82 Å². The number of hydrogen-bond acceptors (Lipinski definition) is 5. The molecule has 1 aromatic carbocycles. The number of aromatic nitrogens is 2. The van der Waals surface area contributed by atoms with Crippen LogP contribution in [-0.2, 0) is 0 Å². The molecule has 0 radical (unpaired) electrons. The van der Waals surface area contributed by atoms with Crippen LogP contribution in [0.5, 0.6) is 0 Å². The molecule has 3 N–H and O–H groups in total. The highest BCUT2D eigenvalue weighted by Gasteiger charge is 2.12. The van der Waals surface area contributed by atoms with Gasteiger partial charge < -0.3 is 5.73 Å². The molecular weight excluding hydrogens is 231 g/mol. The summed E-state index contributed by atoms with van der Waals surface area (Å²) >= 11 is 0.954. The van der Waals surface area contributed by atoms with Gasteiger partial charge in [-0.25, -0.2) is 4.39 Å². The molecule has 16 heavy (non-hydrogen) atoms. The molecule has 82 valence electrons. The van der Waals surface area contributed by atoms with Gasteiger partial charge in [-0.05, 0) is 12.1 Å². The van der Waals surface area contributed by atoms with Crippen LogP contribution in [-0.4, -0.2) is 15.3 Å². The fraction of sp³-hybridized carbons (Fsp3) is 0. The van der Waals surface area contributed by atoms with Crippen molar-refractivity contribution in [2.75, 3.05) is 11.1 Å². The van der Waals surface area contributed by atoms with E-state index in [0.29, 0.717) is 0 Å². The summed E-state index contributed by atoms with van der Waals surface area (Å²) in [5.41, 5.74) is 5.28. The van der Waals surface area contributed by atoms with E-state index >= 15 is 0 Å². The monoisotopic (exact) mass is 238 g/mol. The topological polar surface area (TPSA) is 80.9 Å². The highest BCUT2D eigenvalue weighted by molar-refractivity contribution is 7.09. The molecular formula is C9H7FN4OS. The van der Waals surface area contributed by atoms with Gasteiger partial charge in [-0.3, -0.25) is 10.1 Å². The number of rotatable bonds is 2. The Kier molecular flexibility index (Phi) is 2.78. The molecule has 1 heterocycles. The Labute approximate surface area is 94.3 Å². The molecule has 2 aromatic rings. The number of nitrogens with one attached hydrogen (secondary N) is 1. The largest absolute Gasteiger partial charge is 0.374 e. The van der Waals surface area contributed by atoms with Crippen molar-refractivity contribution in [3.63, 3.8) is 0 Å². The predicted octanol–water partition coefficient (Wildman–Crippen LogP) is 1.51. The van der Waals surface area contributed by atoms with Crippen LogP contribution in [0.25, 0.3) is 0 Å². The van der Waals surface area contributed by atoms with Gasteiger partial charge in [-0.2, -0.15) is 9.36 Å². The van der Waals surface area contributed by atoms with Crippen molar-refractivity contribution < 1.29 is 9.18 Å². The van der Waals surface area contributed by atoms with Gasteiger partial charge in [0, 0.05) is 11.5 Å². The van der Waals surface area contributed by atoms with Gasteiger partial charge >= 0.3 is 0 Å². The summed E-state index contributed by atoms with van der Waals surface area (Å²) in [6, 6.07) is 5.66. The van der Waals surface area contributed by atoms with Crippen molar-refractivity contribution in [1.29, 1.82) is 0 Å². The van der Waals surface area contributed by atoms with E-state index in [2.05, 4.69) is 14.7 Å². The van der Waals surface area contributed by atoms with Gasteiger partial charge in [0.15, 0.2) is 0 Å². The first-order chi connectivity index (χ1) is 7.66. The maximum atomic E-state index is 13.2. The van der Waals surface area contributed by atoms with E-state index in [4.69, 9.17) is 5.73 Å². The molecule has 2 rings (SSSR count). The molecule has 0 saturated heterocycles. The number of nitrogen functional groups attached to an aromatic ring is 1. The Hall–Kier alpha value is -2.02. The third-order valence-corrected chi connectivity index (χ3v) is 2.33. The van der Waals surface area contributed by atoms with Crippen molar-refractivity contribution in [3.8, 4) is 0 Å². The smallest absolute Gasteiger partial charge is 0.261 e. The van der Waals surface area contributed by atoms with Crippen LogP contribution in [0.1, 0.15) is 10.4 Å². The average molecular weight is 238 g/mol. The Morgan fingerprint density at radius 3 is 2.81 bits per heavy atom. The van der Waals surface area contributed by atoms with E-state index in [0.717, 1.165) is 11.5 Å². The lowest BCUT2D eigenvalue weighted by atomic mass is 10.2. The summed E-state index contributed by atoms with van der Waals surface area (Å²) in [5.74, 6) is -1.12. The summed E-state index contributed by atoms with van der Waals surface area (Å²) in [5, 5.41) is 2.59. The molecule has 5 nitrogen and oxygen atoms in total. The number of carbonyl (C=O) groups is 1. The summed E-state index contributed by atoms with van der Waals surface area (Å²) in [6.07, 6.45) is 0. The first-order valence-corrected chi connectivity index (χ1v) is 5.09. The standard InChI is InChI=1S/C9H7FN4OS/c10-6-4-2-1-3-5(6)7(15)12-9-13-8(11)16-14-9/h1-4H,(H3,11,12,13,14,15). The Bertz CT molecular complexity index is 528. The Balaban J connectivity index is 2.18. The van der Waals surface area contributed by atoms with Gasteiger partial charge in [0.2, 0.25) is 11.1 Å². The second-order valence-corrected chi connectivity index (χ2v) is 3.67. The molecule has 1 amide bonds. The lowest BCUT2D eigenvalue weighted by Gasteiger charge is -2.01. The number of halogens is 1. The highest BCUT2D eigenvalue weighted by Crippen LogP contribution is 2.12. The molecule has 0 atom stereocenters. The third-order valence-electron chi connectivity index (χ3n) is 1.79. The normalized spacial score (nSPS) is 10.1. The summed E-state index contributed by atoms with van der Waals surface area (Å²) in [7, 11) is 0. The SMILES string of the molecule is Nc1nc(NC(=O)c2ccccc2F)ns1. The number of benzene rings is 1. The second-order valence-electron chi connectivity index (χ2n) is 2.89. The van der Waals surface area contributed by atoms with Crippen LogP contribution >= 0.6 is 11.5 Å². The van der Waals surface area contributed by atoms with E-state index in [1.54, 1.807) is 6.07 Å². The molecule has 0 aliphatic heterocycles. The number of nitrogens with two attached hydrogens (primary N) is 1. The quantitative estimate of drug-likeness (QED) is 0.831. The second kappa shape index (κ2) is 4.23. The van der Waals surface area contributed by atoms with Gasteiger partial charge in [-0.1, -0.05) is 12.1 Å². The lowest BCUT2D eigenvalue weighted by Crippen LogP contribution is -2.14. The first kappa shape index (κ1) is 10.5. The fourth-order valence-corrected chi connectivity index (χ4v) is 1.49. The van der Waals surface area contributed by atoms with Crippen LogP contribution in [0.3, 0.4) is 0 Å². The molecule has 7 heteroatoms. The zero-order valence-corrected chi connectivity index (χ0v) is 8.79. The van der Waals surface area contributed by atoms with Gasteiger partial charge in [0.05, 0.1) is 5.56 Å². The van der Waals surface area contributed by atoms with Crippen molar-refractivity contribution in [2.24, 2.45) is 0 Å². The van der Waals surface area contributed by atoms with Crippen LogP contribution in [0.2, 0.25) is 0 Å². The average Bonchev–Trinajstić information content (AvgIpc) is 2.64. The van der Waals surface area contributed by atoms with E-state index in [-0.39, 0.29) is 16.6 Å². The summed E-state index contributed by atoms with van der Waals surface area (Å²) in [6.45, 7) is 0. The van der Waals surface area contributed by atoms with E-state index < -0.39 is 11.7 Å². The Morgan fingerprint density at radius 2 is 2.19 bits per heavy atom. The predicted molar refractivity (Wildman–Crippen MR) is 58.7 cm³/mol. The summed E-state index contributed by atoms with van der Waals surface area (Å²) in [4.78, 5) is 15.3.